The predicted molar refractivity (Wildman–Crippen MR) is 104 cm³/mol. The Morgan fingerprint density at radius 2 is 1.62 bits per heavy atom. The zero-order chi connectivity index (χ0) is 18.3. The van der Waals surface area contributed by atoms with Crippen LogP contribution in [0.2, 0.25) is 0 Å². The van der Waals surface area contributed by atoms with Gasteiger partial charge < -0.3 is 5.32 Å². The molecule has 1 aliphatic heterocycles. The maximum Gasteiger partial charge on any atom is 0.266 e. The standard InChI is InChI=1S/C19H11BrN2O3S/c20-16-9-8-15(26-16)17(23)21-11-4-3-5-12(10-11)22-18(24)13-6-1-2-7-14(13)19(22)25/h1-10H,(H,21,23). The van der Waals surface area contributed by atoms with Crippen LogP contribution in [-0.4, -0.2) is 17.7 Å². The van der Waals surface area contributed by atoms with Gasteiger partial charge in [-0.05, 0) is 58.4 Å². The molecule has 0 bridgehead atoms. The van der Waals surface area contributed by atoms with Crippen molar-refractivity contribution in [1.29, 1.82) is 0 Å². The Balaban J connectivity index is 1.62. The van der Waals surface area contributed by atoms with E-state index in [-0.39, 0.29) is 17.7 Å². The zero-order valence-electron chi connectivity index (χ0n) is 13.2. The average molecular weight is 427 g/mol. The van der Waals surface area contributed by atoms with Gasteiger partial charge in [0, 0.05) is 5.69 Å². The molecule has 1 aliphatic rings. The predicted octanol–water partition coefficient (Wildman–Crippen LogP) is 4.56. The van der Waals surface area contributed by atoms with Crippen LogP contribution in [0.25, 0.3) is 0 Å². The highest BCUT2D eigenvalue weighted by Gasteiger charge is 2.36. The van der Waals surface area contributed by atoms with E-state index in [2.05, 4.69) is 21.2 Å². The molecule has 26 heavy (non-hydrogen) atoms. The molecule has 2 heterocycles. The molecule has 1 N–H and O–H groups in total. The summed E-state index contributed by atoms with van der Waals surface area (Å²) in [6.07, 6.45) is 0. The maximum atomic E-state index is 12.6. The topological polar surface area (TPSA) is 66.5 Å². The van der Waals surface area contributed by atoms with Crippen LogP contribution >= 0.6 is 27.3 Å². The molecule has 0 saturated heterocycles. The van der Waals surface area contributed by atoms with E-state index in [1.807, 2.05) is 0 Å². The van der Waals surface area contributed by atoms with Crippen molar-refractivity contribution in [2.45, 2.75) is 0 Å². The van der Waals surface area contributed by atoms with Gasteiger partial charge in [-0.3, -0.25) is 14.4 Å². The first-order valence-corrected chi connectivity index (χ1v) is 9.30. The molecule has 0 spiro atoms. The van der Waals surface area contributed by atoms with Gasteiger partial charge in [0.2, 0.25) is 0 Å². The number of nitrogens with zero attached hydrogens (tertiary/aromatic N) is 1. The summed E-state index contributed by atoms with van der Waals surface area (Å²) in [5, 5.41) is 2.79. The van der Waals surface area contributed by atoms with Gasteiger partial charge in [-0.2, -0.15) is 0 Å². The molecule has 4 rings (SSSR count). The Labute approximate surface area is 161 Å². The first-order chi connectivity index (χ1) is 12.5. The second kappa shape index (κ2) is 6.51. The van der Waals surface area contributed by atoms with Crippen LogP contribution in [0.4, 0.5) is 11.4 Å². The van der Waals surface area contributed by atoms with Crippen molar-refractivity contribution < 1.29 is 14.4 Å². The fourth-order valence-corrected chi connectivity index (χ4v) is 4.06. The van der Waals surface area contributed by atoms with E-state index < -0.39 is 0 Å². The number of imide groups is 1. The van der Waals surface area contributed by atoms with Crippen molar-refractivity contribution in [2.24, 2.45) is 0 Å². The third kappa shape index (κ3) is 2.85. The van der Waals surface area contributed by atoms with E-state index in [0.717, 1.165) is 8.69 Å². The molecule has 0 saturated carbocycles. The number of rotatable bonds is 3. The molecule has 0 aliphatic carbocycles. The second-order valence-corrected chi connectivity index (χ2v) is 8.06. The van der Waals surface area contributed by atoms with Gasteiger partial charge in [0.1, 0.15) is 0 Å². The SMILES string of the molecule is O=C(Nc1cccc(N2C(=O)c3ccccc3C2=O)c1)c1ccc(Br)s1. The van der Waals surface area contributed by atoms with Gasteiger partial charge >= 0.3 is 0 Å². The van der Waals surface area contributed by atoms with Crippen molar-refractivity contribution in [3.63, 3.8) is 0 Å². The molecule has 0 fully saturated rings. The number of thiophene rings is 1. The first kappa shape index (κ1) is 16.7. The number of amides is 3. The highest BCUT2D eigenvalue weighted by Crippen LogP contribution is 2.30. The molecule has 128 valence electrons. The van der Waals surface area contributed by atoms with Gasteiger partial charge in [0.05, 0.1) is 25.5 Å². The normalized spacial score (nSPS) is 13.0. The van der Waals surface area contributed by atoms with Gasteiger partial charge in [-0.25, -0.2) is 4.90 Å². The lowest BCUT2D eigenvalue weighted by Crippen LogP contribution is -2.29. The minimum Gasteiger partial charge on any atom is -0.321 e. The fourth-order valence-electron chi connectivity index (χ4n) is 2.78. The summed E-state index contributed by atoms with van der Waals surface area (Å²) in [5.74, 6) is -0.979. The van der Waals surface area contributed by atoms with E-state index >= 15 is 0 Å². The molecule has 5 nitrogen and oxygen atoms in total. The number of hydrogen-bond acceptors (Lipinski definition) is 4. The Bertz CT molecular complexity index is 1030. The quantitative estimate of drug-likeness (QED) is 0.623. The Morgan fingerprint density at radius 3 is 2.23 bits per heavy atom. The van der Waals surface area contributed by atoms with Crippen LogP contribution in [0.15, 0.2) is 64.5 Å². The van der Waals surface area contributed by atoms with Crippen molar-refractivity contribution in [1.82, 2.24) is 0 Å². The van der Waals surface area contributed by atoms with Crippen molar-refractivity contribution in [3.8, 4) is 0 Å². The van der Waals surface area contributed by atoms with Gasteiger partial charge in [0.25, 0.3) is 17.7 Å². The summed E-state index contributed by atoms with van der Waals surface area (Å²) in [5.41, 5.74) is 1.70. The highest BCUT2D eigenvalue weighted by atomic mass is 79.9. The van der Waals surface area contributed by atoms with E-state index in [1.165, 1.54) is 11.3 Å². The van der Waals surface area contributed by atoms with Crippen LogP contribution < -0.4 is 10.2 Å². The van der Waals surface area contributed by atoms with Crippen LogP contribution in [0.3, 0.4) is 0 Å². The van der Waals surface area contributed by atoms with Crippen LogP contribution in [0.5, 0.6) is 0 Å². The maximum absolute atomic E-state index is 12.6. The summed E-state index contributed by atoms with van der Waals surface area (Å²) in [6, 6.07) is 16.9. The summed E-state index contributed by atoms with van der Waals surface area (Å²) < 4.78 is 0.863. The average Bonchev–Trinajstić information content (AvgIpc) is 3.18. The molecule has 0 unspecified atom stereocenters. The van der Waals surface area contributed by atoms with Crippen LogP contribution in [0, 0.1) is 0 Å². The molecule has 3 aromatic rings. The third-order valence-electron chi connectivity index (χ3n) is 3.95. The molecule has 3 amide bonds. The number of benzene rings is 2. The van der Waals surface area contributed by atoms with Crippen LogP contribution in [0.1, 0.15) is 30.4 Å². The lowest BCUT2D eigenvalue weighted by Gasteiger charge is -2.15. The summed E-state index contributed by atoms with van der Waals surface area (Å²) >= 11 is 4.65. The summed E-state index contributed by atoms with van der Waals surface area (Å²) in [7, 11) is 0. The number of carbonyl (C=O) groups is 3. The Morgan fingerprint density at radius 1 is 0.923 bits per heavy atom. The Hall–Kier alpha value is -2.77. The molecule has 0 atom stereocenters. The summed E-state index contributed by atoms with van der Waals surface area (Å²) in [6.45, 7) is 0. The number of hydrogen-bond donors (Lipinski definition) is 1. The van der Waals surface area contributed by atoms with Crippen molar-refractivity contribution in [2.75, 3.05) is 10.2 Å². The molecular weight excluding hydrogens is 416 g/mol. The number of fused-ring (bicyclic) bond motifs is 1. The molecule has 2 aromatic carbocycles. The lowest BCUT2D eigenvalue weighted by atomic mass is 10.1. The molecule has 1 aromatic heterocycles. The number of carbonyl (C=O) groups excluding carboxylic acids is 3. The molecular formula is C19H11BrN2O3S. The zero-order valence-corrected chi connectivity index (χ0v) is 15.6. The van der Waals surface area contributed by atoms with E-state index in [1.54, 1.807) is 60.7 Å². The second-order valence-electron chi connectivity index (χ2n) is 5.60. The number of anilines is 2. The van der Waals surface area contributed by atoms with Crippen molar-refractivity contribution >= 4 is 56.4 Å². The van der Waals surface area contributed by atoms with Gasteiger partial charge in [-0.1, -0.05) is 18.2 Å². The first-order valence-electron chi connectivity index (χ1n) is 7.69. The summed E-state index contributed by atoms with van der Waals surface area (Å²) in [4.78, 5) is 39.1. The monoisotopic (exact) mass is 426 g/mol. The van der Waals surface area contributed by atoms with E-state index in [4.69, 9.17) is 0 Å². The molecule has 0 radical (unpaired) electrons. The van der Waals surface area contributed by atoms with E-state index in [9.17, 15) is 14.4 Å². The Kier molecular flexibility index (Phi) is 4.18. The van der Waals surface area contributed by atoms with Gasteiger partial charge in [0.15, 0.2) is 0 Å². The molecule has 7 heteroatoms. The van der Waals surface area contributed by atoms with Crippen LogP contribution in [-0.2, 0) is 0 Å². The minimum absolute atomic E-state index is 0.250. The largest absolute Gasteiger partial charge is 0.321 e. The van der Waals surface area contributed by atoms with Crippen molar-refractivity contribution in [3.05, 3.63) is 80.5 Å². The highest BCUT2D eigenvalue weighted by molar-refractivity contribution is 9.11. The minimum atomic E-state index is -0.365. The smallest absolute Gasteiger partial charge is 0.266 e. The van der Waals surface area contributed by atoms with E-state index in [0.29, 0.717) is 27.4 Å². The number of halogens is 1. The van der Waals surface area contributed by atoms with Gasteiger partial charge in [-0.15, -0.1) is 11.3 Å². The lowest BCUT2D eigenvalue weighted by molar-refractivity contribution is 0.0925. The third-order valence-corrected chi connectivity index (χ3v) is 5.58. The number of nitrogens with one attached hydrogen (secondary N) is 1. The fraction of sp³-hybridized carbons (Fsp3) is 0.